The van der Waals surface area contributed by atoms with Gasteiger partial charge in [0.1, 0.15) is 0 Å². The Bertz CT molecular complexity index is 873. The van der Waals surface area contributed by atoms with Crippen molar-refractivity contribution < 1.29 is 19.6 Å². The second kappa shape index (κ2) is 7.86. The lowest BCUT2D eigenvalue weighted by atomic mass is 10.1. The van der Waals surface area contributed by atoms with Crippen LogP contribution in [-0.4, -0.2) is 35.0 Å². The van der Waals surface area contributed by atoms with Crippen LogP contribution in [0.2, 0.25) is 0 Å². The zero-order chi connectivity index (χ0) is 19.4. The Morgan fingerprint density at radius 3 is 2.37 bits per heavy atom. The summed E-state index contributed by atoms with van der Waals surface area (Å²) >= 11 is 0. The lowest BCUT2D eigenvalue weighted by Gasteiger charge is -2.21. The van der Waals surface area contributed by atoms with Gasteiger partial charge in [0, 0.05) is 31.8 Å². The van der Waals surface area contributed by atoms with Crippen LogP contribution in [-0.2, 0) is 6.54 Å². The standard InChI is InChI=1S/C19H19N3O5/c23-18(20-12-13-3-5-14(6-4-13)19(24)25)16-11-15(22(26)27)7-8-17(16)21-9-1-2-10-21/h3-8,11H,1-2,9-10,12H2,(H,20,23)(H,24,25). The van der Waals surface area contributed by atoms with Gasteiger partial charge in [0.2, 0.25) is 0 Å². The van der Waals surface area contributed by atoms with Crippen LogP contribution >= 0.6 is 0 Å². The zero-order valence-corrected chi connectivity index (χ0v) is 14.6. The van der Waals surface area contributed by atoms with Gasteiger partial charge in [-0.3, -0.25) is 14.9 Å². The first kappa shape index (κ1) is 18.4. The molecular formula is C19H19N3O5. The molecule has 1 saturated heterocycles. The van der Waals surface area contributed by atoms with E-state index in [2.05, 4.69) is 10.2 Å². The highest BCUT2D eigenvalue weighted by Gasteiger charge is 2.22. The van der Waals surface area contributed by atoms with Gasteiger partial charge in [0.25, 0.3) is 11.6 Å². The predicted octanol–water partition coefficient (Wildman–Crippen LogP) is 2.82. The number of nitrogens with one attached hydrogen (secondary N) is 1. The Morgan fingerprint density at radius 1 is 1.11 bits per heavy atom. The molecule has 1 heterocycles. The molecular weight excluding hydrogens is 350 g/mol. The number of amides is 1. The van der Waals surface area contributed by atoms with Gasteiger partial charge in [-0.05, 0) is 36.6 Å². The number of aromatic carboxylic acids is 1. The molecule has 2 aromatic rings. The molecule has 0 unspecified atom stereocenters. The summed E-state index contributed by atoms with van der Waals surface area (Å²) in [5.74, 6) is -1.42. The molecule has 8 heteroatoms. The number of carboxylic acid groups (broad SMARTS) is 1. The van der Waals surface area contributed by atoms with Crippen molar-refractivity contribution in [3.05, 3.63) is 69.3 Å². The number of carbonyl (C=O) groups excluding carboxylic acids is 1. The van der Waals surface area contributed by atoms with E-state index < -0.39 is 16.8 Å². The Balaban J connectivity index is 1.78. The van der Waals surface area contributed by atoms with Crippen LogP contribution in [0.15, 0.2) is 42.5 Å². The van der Waals surface area contributed by atoms with E-state index in [4.69, 9.17) is 5.11 Å². The third-order valence-electron chi connectivity index (χ3n) is 4.54. The van der Waals surface area contributed by atoms with Crippen LogP contribution in [0.1, 0.15) is 39.1 Å². The number of non-ortho nitro benzene ring substituents is 1. The quantitative estimate of drug-likeness (QED) is 0.598. The number of carboxylic acids is 1. The van der Waals surface area contributed by atoms with E-state index in [0.29, 0.717) is 5.69 Å². The summed E-state index contributed by atoms with van der Waals surface area (Å²) in [6.07, 6.45) is 2.04. The van der Waals surface area contributed by atoms with Crippen molar-refractivity contribution in [1.82, 2.24) is 5.32 Å². The summed E-state index contributed by atoms with van der Waals surface area (Å²) in [6.45, 7) is 1.82. The van der Waals surface area contributed by atoms with Gasteiger partial charge in [-0.15, -0.1) is 0 Å². The summed E-state index contributed by atoms with van der Waals surface area (Å²) in [5, 5.41) is 22.8. The summed E-state index contributed by atoms with van der Waals surface area (Å²) in [5.41, 5.74) is 1.74. The van der Waals surface area contributed by atoms with E-state index in [0.717, 1.165) is 31.5 Å². The fourth-order valence-electron chi connectivity index (χ4n) is 3.10. The second-order valence-electron chi connectivity index (χ2n) is 6.34. The third-order valence-corrected chi connectivity index (χ3v) is 4.54. The van der Waals surface area contributed by atoms with Crippen molar-refractivity contribution in [3.63, 3.8) is 0 Å². The highest BCUT2D eigenvalue weighted by atomic mass is 16.6. The van der Waals surface area contributed by atoms with E-state index in [-0.39, 0.29) is 23.4 Å². The van der Waals surface area contributed by atoms with Crippen molar-refractivity contribution in [3.8, 4) is 0 Å². The topological polar surface area (TPSA) is 113 Å². The number of benzene rings is 2. The molecule has 1 aliphatic heterocycles. The van der Waals surface area contributed by atoms with Gasteiger partial charge in [-0.2, -0.15) is 0 Å². The first-order valence-corrected chi connectivity index (χ1v) is 8.59. The monoisotopic (exact) mass is 369 g/mol. The molecule has 0 atom stereocenters. The van der Waals surface area contributed by atoms with Crippen molar-refractivity contribution in [1.29, 1.82) is 0 Å². The summed E-state index contributed by atoms with van der Waals surface area (Å²) < 4.78 is 0. The molecule has 0 bridgehead atoms. The van der Waals surface area contributed by atoms with Crippen LogP contribution in [0.4, 0.5) is 11.4 Å². The fraction of sp³-hybridized carbons (Fsp3) is 0.263. The van der Waals surface area contributed by atoms with Crippen LogP contribution in [0.5, 0.6) is 0 Å². The number of nitro groups is 1. The van der Waals surface area contributed by atoms with E-state index in [1.807, 2.05) is 0 Å². The molecule has 1 aliphatic rings. The smallest absolute Gasteiger partial charge is 0.335 e. The molecule has 3 rings (SSSR count). The van der Waals surface area contributed by atoms with Gasteiger partial charge in [-0.1, -0.05) is 12.1 Å². The van der Waals surface area contributed by atoms with Gasteiger partial charge in [-0.25, -0.2) is 4.79 Å². The first-order chi connectivity index (χ1) is 13.0. The Kier molecular flexibility index (Phi) is 5.35. The second-order valence-corrected chi connectivity index (χ2v) is 6.34. The lowest BCUT2D eigenvalue weighted by molar-refractivity contribution is -0.384. The van der Waals surface area contributed by atoms with E-state index >= 15 is 0 Å². The van der Waals surface area contributed by atoms with Crippen molar-refractivity contribution in [2.24, 2.45) is 0 Å². The maximum absolute atomic E-state index is 12.7. The minimum atomic E-state index is -1.02. The maximum atomic E-state index is 12.7. The minimum absolute atomic E-state index is 0.131. The summed E-state index contributed by atoms with van der Waals surface area (Å²) in [6, 6.07) is 10.5. The molecule has 0 aliphatic carbocycles. The molecule has 2 aromatic carbocycles. The maximum Gasteiger partial charge on any atom is 0.335 e. The average molecular weight is 369 g/mol. The molecule has 0 spiro atoms. The van der Waals surface area contributed by atoms with Gasteiger partial charge in [0.15, 0.2) is 0 Å². The molecule has 8 nitrogen and oxygen atoms in total. The van der Waals surface area contributed by atoms with Crippen LogP contribution in [0.3, 0.4) is 0 Å². The summed E-state index contributed by atoms with van der Waals surface area (Å²) in [4.78, 5) is 36.2. The van der Waals surface area contributed by atoms with Crippen molar-refractivity contribution >= 4 is 23.3 Å². The van der Waals surface area contributed by atoms with Crippen LogP contribution < -0.4 is 10.2 Å². The Morgan fingerprint density at radius 2 is 1.78 bits per heavy atom. The van der Waals surface area contributed by atoms with E-state index in [1.54, 1.807) is 18.2 Å². The molecule has 0 radical (unpaired) electrons. The van der Waals surface area contributed by atoms with E-state index in [1.165, 1.54) is 24.3 Å². The van der Waals surface area contributed by atoms with Crippen LogP contribution in [0, 0.1) is 10.1 Å². The Labute approximate surface area is 155 Å². The number of hydrogen-bond acceptors (Lipinski definition) is 5. The number of carbonyl (C=O) groups is 2. The highest BCUT2D eigenvalue weighted by Crippen LogP contribution is 2.28. The third kappa shape index (κ3) is 4.22. The normalized spacial score (nSPS) is 13.4. The summed E-state index contributed by atoms with van der Waals surface area (Å²) in [7, 11) is 0. The number of anilines is 1. The van der Waals surface area contributed by atoms with Gasteiger partial charge >= 0.3 is 5.97 Å². The minimum Gasteiger partial charge on any atom is -0.478 e. The molecule has 140 valence electrons. The molecule has 0 aromatic heterocycles. The Hall–Kier alpha value is -3.42. The molecule has 1 amide bonds. The highest BCUT2D eigenvalue weighted by molar-refractivity contribution is 6.00. The first-order valence-electron chi connectivity index (χ1n) is 8.59. The van der Waals surface area contributed by atoms with E-state index in [9.17, 15) is 19.7 Å². The fourth-order valence-corrected chi connectivity index (χ4v) is 3.10. The number of nitrogens with zero attached hydrogens (tertiary/aromatic N) is 2. The SMILES string of the molecule is O=C(O)c1ccc(CNC(=O)c2cc([N+](=O)[O-])ccc2N2CCCC2)cc1. The number of rotatable bonds is 6. The molecule has 1 fully saturated rings. The largest absolute Gasteiger partial charge is 0.478 e. The lowest BCUT2D eigenvalue weighted by Crippen LogP contribution is -2.27. The average Bonchev–Trinajstić information content (AvgIpc) is 3.20. The van der Waals surface area contributed by atoms with Crippen molar-refractivity contribution in [2.75, 3.05) is 18.0 Å². The molecule has 27 heavy (non-hydrogen) atoms. The van der Waals surface area contributed by atoms with Crippen LogP contribution in [0.25, 0.3) is 0 Å². The molecule has 0 saturated carbocycles. The number of hydrogen-bond donors (Lipinski definition) is 2. The van der Waals surface area contributed by atoms with Gasteiger partial charge in [0.05, 0.1) is 21.7 Å². The zero-order valence-electron chi connectivity index (χ0n) is 14.6. The predicted molar refractivity (Wildman–Crippen MR) is 99.1 cm³/mol. The van der Waals surface area contributed by atoms with Gasteiger partial charge < -0.3 is 15.3 Å². The number of nitro benzene ring substituents is 1. The molecule has 2 N–H and O–H groups in total. The van der Waals surface area contributed by atoms with Crippen molar-refractivity contribution in [2.45, 2.75) is 19.4 Å².